The van der Waals surface area contributed by atoms with Gasteiger partial charge in [0.25, 0.3) is 15.0 Å². The molecule has 0 spiro atoms. The average molecular weight is 330 g/mol. The maximum Gasteiger partial charge on any atom is 0.261 e. The Balaban J connectivity index is 2.00. The van der Waals surface area contributed by atoms with Crippen molar-refractivity contribution >= 4 is 25.6 Å². The van der Waals surface area contributed by atoms with Gasteiger partial charge in [-0.3, -0.25) is 4.79 Å². The van der Waals surface area contributed by atoms with Crippen LogP contribution in [0.2, 0.25) is 0 Å². The van der Waals surface area contributed by atoms with Crippen LogP contribution in [0.25, 0.3) is 0 Å². The fraction of sp³-hybridized carbons (Fsp3) is 0.533. The third-order valence-corrected chi connectivity index (χ3v) is 5.36. The molecule has 0 aliphatic heterocycles. The van der Waals surface area contributed by atoms with Crippen molar-refractivity contribution in [2.45, 2.75) is 50.0 Å². The Morgan fingerprint density at radius 2 is 1.81 bits per heavy atom. The maximum absolute atomic E-state index is 12.2. The predicted octanol–water partition coefficient (Wildman–Crippen LogP) is 3.31. The fourth-order valence-electron chi connectivity index (χ4n) is 2.67. The van der Waals surface area contributed by atoms with Crippen LogP contribution in [0.3, 0.4) is 0 Å². The molecule has 0 heterocycles. The van der Waals surface area contributed by atoms with E-state index in [9.17, 15) is 13.2 Å². The van der Waals surface area contributed by atoms with Gasteiger partial charge >= 0.3 is 0 Å². The van der Waals surface area contributed by atoms with E-state index in [1.807, 2.05) is 0 Å². The molecule has 2 unspecified atom stereocenters. The van der Waals surface area contributed by atoms with E-state index in [-0.39, 0.29) is 16.8 Å². The Morgan fingerprint density at radius 1 is 1.14 bits per heavy atom. The number of benzene rings is 1. The van der Waals surface area contributed by atoms with Crippen molar-refractivity contribution < 1.29 is 13.2 Å². The second-order valence-corrected chi connectivity index (χ2v) is 8.31. The summed E-state index contributed by atoms with van der Waals surface area (Å²) >= 11 is 0. The van der Waals surface area contributed by atoms with E-state index in [0.717, 1.165) is 31.6 Å². The number of halogens is 1. The first-order valence-electron chi connectivity index (χ1n) is 7.22. The van der Waals surface area contributed by atoms with Crippen LogP contribution >= 0.6 is 10.7 Å². The molecule has 1 N–H and O–H groups in total. The molecule has 1 fully saturated rings. The minimum atomic E-state index is -3.74. The van der Waals surface area contributed by atoms with Gasteiger partial charge in [-0.25, -0.2) is 8.42 Å². The molecule has 1 aromatic rings. The third kappa shape index (κ3) is 4.71. The van der Waals surface area contributed by atoms with Crippen molar-refractivity contribution in [3.05, 3.63) is 29.8 Å². The van der Waals surface area contributed by atoms with Crippen LogP contribution in [0.15, 0.2) is 29.2 Å². The second-order valence-electron chi connectivity index (χ2n) is 5.75. The van der Waals surface area contributed by atoms with E-state index in [4.69, 9.17) is 10.7 Å². The molecule has 1 aliphatic rings. The van der Waals surface area contributed by atoms with Crippen molar-refractivity contribution in [1.82, 2.24) is 5.32 Å². The molecule has 6 heteroatoms. The molecule has 1 aromatic carbocycles. The topological polar surface area (TPSA) is 63.2 Å². The zero-order valence-electron chi connectivity index (χ0n) is 12.0. The van der Waals surface area contributed by atoms with Gasteiger partial charge in [-0.15, -0.1) is 0 Å². The highest BCUT2D eigenvalue weighted by atomic mass is 35.7. The summed E-state index contributed by atoms with van der Waals surface area (Å²) in [6.45, 7) is 2.25. The van der Waals surface area contributed by atoms with Crippen LogP contribution in [0.5, 0.6) is 0 Å². The maximum atomic E-state index is 12.2. The lowest BCUT2D eigenvalue weighted by atomic mass is 10.0. The molecular formula is C15H20ClNO3S. The number of hydrogen-bond acceptors (Lipinski definition) is 3. The minimum Gasteiger partial charge on any atom is -0.349 e. The zero-order chi connectivity index (χ0) is 15.5. The summed E-state index contributed by atoms with van der Waals surface area (Å²) < 4.78 is 22.3. The highest BCUT2D eigenvalue weighted by Crippen LogP contribution is 2.23. The van der Waals surface area contributed by atoms with Gasteiger partial charge in [0.15, 0.2) is 0 Å². The fourth-order valence-corrected chi connectivity index (χ4v) is 3.44. The van der Waals surface area contributed by atoms with Crippen LogP contribution in [0.4, 0.5) is 0 Å². The van der Waals surface area contributed by atoms with Crippen LogP contribution in [-0.2, 0) is 9.05 Å². The third-order valence-electron chi connectivity index (χ3n) is 3.99. The molecule has 1 aliphatic carbocycles. The molecule has 0 bridgehead atoms. The van der Waals surface area contributed by atoms with Crippen molar-refractivity contribution in [3.63, 3.8) is 0 Å². The molecule has 2 rings (SSSR count). The molecule has 0 aromatic heterocycles. The van der Waals surface area contributed by atoms with Crippen molar-refractivity contribution in [1.29, 1.82) is 0 Å². The van der Waals surface area contributed by atoms with E-state index >= 15 is 0 Å². The smallest absolute Gasteiger partial charge is 0.261 e. The van der Waals surface area contributed by atoms with Gasteiger partial charge in [-0.1, -0.05) is 19.8 Å². The standard InChI is InChI=1S/C15H20ClNO3S/c1-11-3-2-4-13(8-5-11)17-15(18)12-6-9-14(10-7-12)21(16,19)20/h6-7,9-11,13H,2-5,8H2,1H3,(H,17,18). The van der Waals surface area contributed by atoms with Crippen LogP contribution in [-0.4, -0.2) is 20.4 Å². The van der Waals surface area contributed by atoms with E-state index in [2.05, 4.69) is 12.2 Å². The lowest BCUT2D eigenvalue weighted by Crippen LogP contribution is -2.34. The number of hydrogen-bond donors (Lipinski definition) is 1. The van der Waals surface area contributed by atoms with Gasteiger partial charge < -0.3 is 5.32 Å². The highest BCUT2D eigenvalue weighted by Gasteiger charge is 2.19. The molecular weight excluding hydrogens is 310 g/mol. The quantitative estimate of drug-likeness (QED) is 0.683. The van der Waals surface area contributed by atoms with Crippen molar-refractivity contribution in [2.75, 3.05) is 0 Å². The molecule has 0 saturated heterocycles. The lowest BCUT2D eigenvalue weighted by Gasteiger charge is -2.16. The van der Waals surface area contributed by atoms with Gasteiger partial charge in [0.05, 0.1) is 4.90 Å². The van der Waals surface area contributed by atoms with Gasteiger partial charge in [0.2, 0.25) is 0 Å². The molecule has 2 atom stereocenters. The summed E-state index contributed by atoms with van der Waals surface area (Å²) in [6.07, 6.45) is 5.49. The Morgan fingerprint density at radius 3 is 2.43 bits per heavy atom. The number of amides is 1. The summed E-state index contributed by atoms with van der Waals surface area (Å²) in [5, 5.41) is 3.03. The summed E-state index contributed by atoms with van der Waals surface area (Å²) in [5.41, 5.74) is 0.455. The average Bonchev–Trinajstić information content (AvgIpc) is 2.63. The first kappa shape index (κ1) is 16.3. The monoisotopic (exact) mass is 329 g/mol. The molecule has 21 heavy (non-hydrogen) atoms. The van der Waals surface area contributed by atoms with Gasteiger partial charge in [0, 0.05) is 22.3 Å². The van der Waals surface area contributed by atoms with Gasteiger partial charge in [-0.05, 0) is 49.4 Å². The van der Waals surface area contributed by atoms with E-state index in [0.29, 0.717) is 5.56 Å². The number of rotatable bonds is 3. The SMILES string of the molecule is CC1CCCC(NC(=O)c2ccc(S(=O)(=O)Cl)cc2)CC1. The van der Waals surface area contributed by atoms with Crippen LogP contribution in [0.1, 0.15) is 49.4 Å². The first-order valence-corrected chi connectivity index (χ1v) is 9.53. The highest BCUT2D eigenvalue weighted by molar-refractivity contribution is 8.13. The summed E-state index contributed by atoms with van der Waals surface area (Å²) in [4.78, 5) is 12.2. The Labute approximate surface area is 130 Å². The minimum absolute atomic E-state index is 0.00371. The van der Waals surface area contributed by atoms with Crippen molar-refractivity contribution in [3.8, 4) is 0 Å². The van der Waals surface area contributed by atoms with Crippen LogP contribution in [0, 0.1) is 5.92 Å². The number of carbonyl (C=O) groups excluding carboxylic acids is 1. The predicted molar refractivity (Wildman–Crippen MR) is 83.0 cm³/mol. The van der Waals surface area contributed by atoms with E-state index in [1.54, 1.807) is 0 Å². The number of nitrogens with one attached hydrogen (secondary N) is 1. The lowest BCUT2D eigenvalue weighted by molar-refractivity contribution is 0.0933. The Bertz CT molecular complexity index is 598. The first-order chi connectivity index (χ1) is 9.86. The molecule has 1 saturated carbocycles. The Hall–Kier alpha value is -1.07. The van der Waals surface area contributed by atoms with E-state index in [1.165, 1.54) is 30.7 Å². The van der Waals surface area contributed by atoms with Gasteiger partial charge in [0.1, 0.15) is 0 Å². The molecule has 116 valence electrons. The normalized spacial score (nSPS) is 23.3. The van der Waals surface area contributed by atoms with Crippen molar-refractivity contribution in [2.24, 2.45) is 5.92 Å². The van der Waals surface area contributed by atoms with Gasteiger partial charge in [-0.2, -0.15) is 0 Å². The summed E-state index contributed by atoms with van der Waals surface area (Å²) in [7, 11) is 1.51. The second kappa shape index (κ2) is 6.79. The summed E-state index contributed by atoms with van der Waals surface area (Å²) in [6, 6.07) is 5.89. The largest absolute Gasteiger partial charge is 0.349 e. The molecule has 1 amide bonds. The zero-order valence-corrected chi connectivity index (χ0v) is 13.6. The summed E-state index contributed by atoms with van der Waals surface area (Å²) in [5.74, 6) is 0.563. The number of carbonyl (C=O) groups is 1. The van der Waals surface area contributed by atoms with Crippen LogP contribution < -0.4 is 5.32 Å². The Kier molecular flexibility index (Phi) is 5.27. The van der Waals surface area contributed by atoms with E-state index < -0.39 is 9.05 Å². The molecule has 4 nitrogen and oxygen atoms in total. The molecule has 0 radical (unpaired) electrons.